The Hall–Kier alpha value is -0.520. The Labute approximate surface area is 70.0 Å². The molecule has 0 aromatic heterocycles. The first-order valence-corrected chi connectivity index (χ1v) is 4.76. The van der Waals surface area contributed by atoms with Gasteiger partial charge < -0.3 is 0 Å². The quantitative estimate of drug-likeness (QED) is 0.534. The van der Waals surface area contributed by atoms with E-state index in [4.69, 9.17) is 0 Å². The van der Waals surface area contributed by atoms with E-state index < -0.39 is 0 Å². The summed E-state index contributed by atoms with van der Waals surface area (Å²) in [6.45, 7) is 2.22. The second-order valence-electron chi connectivity index (χ2n) is 3.22. The van der Waals surface area contributed by atoms with Crippen LogP contribution in [0.15, 0.2) is 23.8 Å². The predicted molar refractivity (Wildman–Crippen MR) is 50.6 cm³/mol. The lowest BCUT2D eigenvalue weighted by Crippen LogP contribution is -1.73. The first-order valence-electron chi connectivity index (χ1n) is 4.76. The highest BCUT2D eigenvalue weighted by Gasteiger charge is 2.00. The first-order chi connectivity index (χ1) is 5.43. The summed E-state index contributed by atoms with van der Waals surface area (Å²) in [5.74, 6) is 0. The van der Waals surface area contributed by atoms with E-state index in [1.54, 1.807) is 5.57 Å². The minimum Gasteiger partial charge on any atom is -0.0882 e. The van der Waals surface area contributed by atoms with Crippen LogP contribution in [-0.2, 0) is 0 Å². The summed E-state index contributed by atoms with van der Waals surface area (Å²) in [4.78, 5) is 0. The van der Waals surface area contributed by atoms with Crippen molar-refractivity contribution in [3.8, 4) is 0 Å². The van der Waals surface area contributed by atoms with Gasteiger partial charge in [0.1, 0.15) is 0 Å². The zero-order valence-electron chi connectivity index (χ0n) is 7.47. The van der Waals surface area contributed by atoms with Crippen molar-refractivity contribution in [3.05, 3.63) is 23.8 Å². The second-order valence-corrected chi connectivity index (χ2v) is 3.22. The van der Waals surface area contributed by atoms with Gasteiger partial charge in [0, 0.05) is 0 Å². The van der Waals surface area contributed by atoms with Gasteiger partial charge >= 0.3 is 0 Å². The zero-order chi connectivity index (χ0) is 7.94. The van der Waals surface area contributed by atoms with Gasteiger partial charge in [-0.05, 0) is 32.1 Å². The number of hydrogen-bond acceptors (Lipinski definition) is 0. The maximum Gasteiger partial charge on any atom is -0.0139 e. The summed E-state index contributed by atoms with van der Waals surface area (Å²) in [5.41, 5.74) is 1.65. The molecule has 0 atom stereocenters. The third kappa shape index (κ3) is 3.41. The zero-order valence-corrected chi connectivity index (χ0v) is 7.47. The minimum atomic E-state index is 1.21. The van der Waals surface area contributed by atoms with Gasteiger partial charge in [-0.1, -0.05) is 37.1 Å². The lowest BCUT2D eigenvalue weighted by Gasteiger charge is -1.93. The molecule has 0 nitrogen and oxygen atoms in total. The Morgan fingerprint density at radius 2 is 2.36 bits per heavy atom. The Kier molecular flexibility index (Phi) is 4.03. The van der Waals surface area contributed by atoms with E-state index in [0.717, 1.165) is 0 Å². The van der Waals surface area contributed by atoms with Crippen LogP contribution in [0.3, 0.4) is 0 Å². The lowest BCUT2D eigenvalue weighted by atomic mass is 10.1. The van der Waals surface area contributed by atoms with Crippen molar-refractivity contribution in [1.82, 2.24) is 0 Å². The van der Waals surface area contributed by atoms with Crippen LogP contribution in [0.5, 0.6) is 0 Å². The average Bonchev–Trinajstić information content (AvgIpc) is 2.50. The van der Waals surface area contributed by atoms with Crippen molar-refractivity contribution in [3.63, 3.8) is 0 Å². The molecule has 0 radical (unpaired) electrons. The molecule has 0 aromatic carbocycles. The SMILES string of the molecule is CCC/C=C/CC1=CCCC1. The molecule has 0 spiro atoms. The van der Waals surface area contributed by atoms with E-state index in [9.17, 15) is 0 Å². The molecule has 0 unspecified atom stereocenters. The molecule has 62 valence electrons. The van der Waals surface area contributed by atoms with Crippen LogP contribution in [0.1, 0.15) is 45.4 Å². The van der Waals surface area contributed by atoms with Gasteiger partial charge in [0.15, 0.2) is 0 Å². The van der Waals surface area contributed by atoms with Crippen LogP contribution in [0.2, 0.25) is 0 Å². The number of rotatable bonds is 4. The van der Waals surface area contributed by atoms with E-state index >= 15 is 0 Å². The van der Waals surface area contributed by atoms with Crippen molar-refractivity contribution >= 4 is 0 Å². The van der Waals surface area contributed by atoms with Crippen LogP contribution >= 0.6 is 0 Å². The molecule has 1 aliphatic rings. The van der Waals surface area contributed by atoms with Gasteiger partial charge in [0.2, 0.25) is 0 Å². The van der Waals surface area contributed by atoms with E-state index in [0.29, 0.717) is 0 Å². The van der Waals surface area contributed by atoms with Gasteiger partial charge in [0.25, 0.3) is 0 Å². The minimum absolute atomic E-state index is 1.21. The standard InChI is InChI=1S/C11H18/c1-2-3-4-5-8-11-9-6-7-10-11/h4-5,9H,2-3,6-8,10H2,1H3/b5-4+. The molecular weight excluding hydrogens is 132 g/mol. The van der Waals surface area contributed by atoms with E-state index in [1.165, 1.54) is 38.5 Å². The Bertz CT molecular complexity index is 151. The molecule has 0 fully saturated rings. The van der Waals surface area contributed by atoms with Crippen LogP contribution in [-0.4, -0.2) is 0 Å². The molecule has 0 N–H and O–H groups in total. The molecule has 0 amide bonds. The number of unbranched alkanes of at least 4 members (excludes halogenated alkanes) is 1. The summed E-state index contributed by atoms with van der Waals surface area (Å²) in [7, 11) is 0. The highest BCUT2D eigenvalue weighted by molar-refractivity contribution is 5.11. The molecular formula is C11H18. The maximum atomic E-state index is 2.40. The van der Waals surface area contributed by atoms with Crippen LogP contribution < -0.4 is 0 Å². The normalized spacial score (nSPS) is 17.7. The smallest absolute Gasteiger partial charge is 0.0139 e. The molecule has 0 heterocycles. The molecule has 1 rings (SSSR count). The summed E-state index contributed by atoms with van der Waals surface area (Å²) in [6, 6.07) is 0. The van der Waals surface area contributed by atoms with Crippen molar-refractivity contribution in [2.75, 3.05) is 0 Å². The van der Waals surface area contributed by atoms with Crippen LogP contribution in [0.4, 0.5) is 0 Å². The highest BCUT2D eigenvalue weighted by Crippen LogP contribution is 2.20. The topological polar surface area (TPSA) is 0 Å². The molecule has 0 aliphatic heterocycles. The van der Waals surface area contributed by atoms with Gasteiger partial charge in [-0.3, -0.25) is 0 Å². The summed E-state index contributed by atoms with van der Waals surface area (Å²) in [6.07, 6.45) is 14.8. The average molecular weight is 150 g/mol. The van der Waals surface area contributed by atoms with E-state index in [-0.39, 0.29) is 0 Å². The Balaban J connectivity index is 2.10. The lowest BCUT2D eigenvalue weighted by molar-refractivity contribution is 0.890. The monoisotopic (exact) mass is 150 g/mol. The molecule has 11 heavy (non-hydrogen) atoms. The molecule has 0 saturated carbocycles. The summed E-state index contributed by atoms with van der Waals surface area (Å²) in [5, 5.41) is 0. The molecule has 0 heteroatoms. The van der Waals surface area contributed by atoms with Crippen molar-refractivity contribution < 1.29 is 0 Å². The van der Waals surface area contributed by atoms with Gasteiger partial charge in [0.05, 0.1) is 0 Å². The summed E-state index contributed by atoms with van der Waals surface area (Å²) < 4.78 is 0. The molecule has 0 saturated heterocycles. The predicted octanol–water partition coefficient (Wildman–Crippen LogP) is 3.84. The number of allylic oxidation sites excluding steroid dienone is 4. The van der Waals surface area contributed by atoms with Crippen LogP contribution in [0, 0.1) is 0 Å². The Morgan fingerprint density at radius 3 is 3.00 bits per heavy atom. The van der Waals surface area contributed by atoms with Gasteiger partial charge in [-0.15, -0.1) is 0 Å². The van der Waals surface area contributed by atoms with E-state index in [2.05, 4.69) is 25.2 Å². The molecule has 1 aliphatic carbocycles. The highest BCUT2D eigenvalue weighted by atomic mass is 14.1. The first kappa shape index (κ1) is 8.58. The third-order valence-corrected chi connectivity index (χ3v) is 2.14. The van der Waals surface area contributed by atoms with E-state index in [1.807, 2.05) is 0 Å². The number of hydrogen-bond donors (Lipinski definition) is 0. The fraction of sp³-hybridized carbons (Fsp3) is 0.636. The van der Waals surface area contributed by atoms with Crippen molar-refractivity contribution in [1.29, 1.82) is 0 Å². The summed E-state index contributed by atoms with van der Waals surface area (Å²) >= 11 is 0. The maximum absolute atomic E-state index is 2.40. The fourth-order valence-electron chi connectivity index (χ4n) is 1.44. The fourth-order valence-corrected chi connectivity index (χ4v) is 1.44. The van der Waals surface area contributed by atoms with Gasteiger partial charge in [-0.25, -0.2) is 0 Å². The second kappa shape index (κ2) is 5.17. The molecule has 0 bridgehead atoms. The Morgan fingerprint density at radius 1 is 1.45 bits per heavy atom. The molecule has 0 aromatic rings. The van der Waals surface area contributed by atoms with Crippen molar-refractivity contribution in [2.24, 2.45) is 0 Å². The van der Waals surface area contributed by atoms with Gasteiger partial charge in [-0.2, -0.15) is 0 Å². The van der Waals surface area contributed by atoms with Crippen molar-refractivity contribution in [2.45, 2.75) is 45.4 Å². The van der Waals surface area contributed by atoms with Crippen LogP contribution in [0.25, 0.3) is 0 Å². The largest absolute Gasteiger partial charge is 0.0882 e. The third-order valence-electron chi connectivity index (χ3n) is 2.14.